The second-order valence-electron chi connectivity index (χ2n) is 6.25. The molecule has 3 nitrogen and oxygen atoms in total. The maximum atomic E-state index is 5.87. The number of nitrogens with one attached hydrogen (secondary N) is 1. The van der Waals surface area contributed by atoms with E-state index in [4.69, 9.17) is 5.84 Å². The summed E-state index contributed by atoms with van der Waals surface area (Å²) in [7, 11) is 0. The summed E-state index contributed by atoms with van der Waals surface area (Å²) >= 11 is 2.34. The predicted molar refractivity (Wildman–Crippen MR) is 93.5 cm³/mol. The molecule has 20 heavy (non-hydrogen) atoms. The lowest BCUT2D eigenvalue weighted by atomic mass is 9.86. The summed E-state index contributed by atoms with van der Waals surface area (Å²) in [4.78, 5) is 2.59. The van der Waals surface area contributed by atoms with Crippen LogP contribution in [-0.4, -0.2) is 29.6 Å². The van der Waals surface area contributed by atoms with Gasteiger partial charge in [0.15, 0.2) is 0 Å². The number of hydrazine groups is 1. The Morgan fingerprint density at radius 3 is 2.35 bits per heavy atom. The van der Waals surface area contributed by atoms with Gasteiger partial charge in [0.05, 0.1) is 0 Å². The first-order valence-electron chi connectivity index (χ1n) is 7.49. The van der Waals surface area contributed by atoms with Crippen LogP contribution in [0.2, 0.25) is 0 Å². The van der Waals surface area contributed by atoms with Crippen LogP contribution < -0.4 is 11.3 Å². The number of hydrogen-bond donors (Lipinski definition) is 2. The third-order valence-electron chi connectivity index (χ3n) is 4.58. The zero-order chi connectivity index (χ0) is 14.6. The highest BCUT2D eigenvalue weighted by Crippen LogP contribution is 2.25. The van der Waals surface area contributed by atoms with Gasteiger partial charge < -0.3 is 0 Å². The van der Waals surface area contributed by atoms with Gasteiger partial charge >= 0.3 is 0 Å². The Morgan fingerprint density at radius 1 is 1.20 bits per heavy atom. The quantitative estimate of drug-likeness (QED) is 0.464. The largest absolute Gasteiger partial charge is 0.297 e. The van der Waals surface area contributed by atoms with Gasteiger partial charge in [0.25, 0.3) is 0 Å². The van der Waals surface area contributed by atoms with Crippen LogP contribution in [0.4, 0.5) is 0 Å². The molecule has 0 bridgehead atoms. The fourth-order valence-electron chi connectivity index (χ4n) is 3.06. The van der Waals surface area contributed by atoms with Gasteiger partial charge in [0, 0.05) is 15.2 Å². The van der Waals surface area contributed by atoms with Crippen LogP contribution in [0.25, 0.3) is 0 Å². The molecule has 1 atom stereocenters. The van der Waals surface area contributed by atoms with Gasteiger partial charge in [-0.1, -0.05) is 18.6 Å². The number of rotatable bonds is 5. The smallest absolute Gasteiger partial charge is 0.0429 e. The summed E-state index contributed by atoms with van der Waals surface area (Å²) in [5.74, 6) is 5.87. The van der Waals surface area contributed by atoms with Gasteiger partial charge in [-0.2, -0.15) is 0 Å². The molecule has 4 heteroatoms. The second kappa shape index (κ2) is 7.20. The number of nitrogens with two attached hydrogens (primary N) is 1. The van der Waals surface area contributed by atoms with Crippen molar-refractivity contribution in [2.45, 2.75) is 51.1 Å². The average molecular weight is 387 g/mol. The van der Waals surface area contributed by atoms with Crippen molar-refractivity contribution in [2.24, 2.45) is 5.84 Å². The minimum atomic E-state index is 0.0815. The van der Waals surface area contributed by atoms with Crippen LogP contribution in [-0.2, 0) is 6.42 Å². The Kier molecular flexibility index (Phi) is 5.84. The Hall–Kier alpha value is -0.170. The van der Waals surface area contributed by atoms with Gasteiger partial charge in [-0.15, -0.1) is 0 Å². The lowest BCUT2D eigenvalue weighted by Gasteiger charge is -2.45. The monoisotopic (exact) mass is 387 g/mol. The first-order chi connectivity index (χ1) is 9.54. The van der Waals surface area contributed by atoms with Gasteiger partial charge in [0.1, 0.15) is 0 Å². The minimum absolute atomic E-state index is 0.0815. The van der Waals surface area contributed by atoms with E-state index in [0.717, 1.165) is 6.42 Å². The zero-order valence-electron chi connectivity index (χ0n) is 12.5. The molecule has 2 rings (SSSR count). The normalized spacial score (nSPS) is 19.0. The fraction of sp³-hybridized carbons (Fsp3) is 0.625. The number of hydrogen-bond acceptors (Lipinski definition) is 3. The molecule has 112 valence electrons. The third-order valence-corrected chi connectivity index (χ3v) is 5.30. The van der Waals surface area contributed by atoms with Crippen LogP contribution in [0.3, 0.4) is 0 Å². The van der Waals surface area contributed by atoms with Crippen molar-refractivity contribution >= 4 is 22.6 Å². The van der Waals surface area contributed by atoms with Crippen LogP contribution in [0.5, 0.6) is 0 Å². The van der Waals surface area contributed by atoms with Crippen molar-refractivity contribution < 1.29 is 0 Å². The fourth-order valence-corrected chi connectivity index (χ4v) is 3.42. The lowest BCUT2D eigenvalue weighted by molar-refractivity contribution is 0.0611. The molecule has 3 N–H and O–H groups in total. The number of halogens is 1. The van der Waals surface area contributed by atoms with E-state index in [1.165, 1.54) is 41.5 Å². The lowest BCUT2D eigenvalue weighted by Crippen LogP contribution is -2.61. The van der Waals surface area contributed by atoms with Crippen LogP contribution in [0, 0.1) is 3.57 Å². The molecule has 1 saturated heterocycles. The Balaban J connectivity index is 2.07. The predicted octanol–water partition coefficient (Wildman–Crippen LogP) is 2.93. The maximum absolute atomic E-state index is 5.87. The van der Waals surface area contributed by atoms with Crippen molar-refractivity contribution in [3.63, 3.8) is 0 Å². The number of benzene rings is 1. The van der Waals surface area contributed by atoms with E-state index in [0.29, 0.717) is 0 Å². The Bertz CT molecular complexity index is 410. The third kappa shape index (κ3) is 3.93. The molecule has 0 aromatic heterocycles. The van der Waals surface area contributed by atoms with E-state index < -0.39 is 0 Å². The van der Waals surface area contributed by atoms with Gasteiger partial charge in [-0.25, -0.2) is 0 Å². The van der Waals surface area contributed by atoms with Gasteiger partial charge in [0.2, 0.25) is 0 Å². The summed E-state index contributed by atoms with van der Waals surface area (Å²) in [5, 5.41) is 0. The number of piperidine rings is 1. The molecule has 0 aliphatic carbocycles. The summed E-state index contributed by atoms with van der Waals surface area (Å²) in [5.41, 5.74) is 4.49. The molecule has 0 spiro atoms. The highest BCUT2D eigenvalue weighted by atomic mass is 127. The first-order valence-corrected chi connectivity index (χ1v) is 8.57. The summed E-state index contributed by atoms with van der Waals surface area (Å²) < 4.78 is 1.28. The minimum Gasteiger partial charge on any atom is -0.297 e. The molecule has 0 amide bonds. The Labute approximate surface area is 136 Å². The van der Waals surface area contributed by atoms with E-state index in [2.05, 4.69) is 71.0 Å². The summed E-state index contributed by atoms with van der Waals surface area (Å²) in [6.45, 7) is 7.01. The van der Waals surface area contributed by atoms with Gasteiger partial charge in [-0.3, -0.25) is 16.2 Å². The summed E-state index contributed by atoms with van der Waals surface area (Å²) in [6.07, 6.45) is 4.95. The molecule has 0 saturated carbocycles. The number of likely N-dealkylation sites (tertiary alicyclic amines) is 1. The highest BCUT2D eigenvalue weighted by molar-refractivity contribution is 14.1. The molecule has 1 unspecified atom stereocenters. The molecule has 1 aromatic carbocycles. The molecule has 1 aliphatic rings. The van der Waals surface area contributed by atoms with Crippen LogP contribution >= 0.6 is 22.6 Å². The molecular formula is C16H26IN3. The molecule has 1 aliphatic heterocycles. The van der Waals surface area contributed by atoms with E-state index in [1.807, 2.05) is 0 Å². The highest BCUT2D eigenvalue weighted by Gasteiger charge is 2.35. The van der Waals surface area contributed by atoms with Crippen molar-refractivity contribution in [3.05, 3.63) is 33.4 Å². The molecule has 1 heterocycles. The SMILES string of the molecule is CC(C)(C(Cc1ccc(I)cc1)NN)N1CCCCC1. The van der Waals surface area contributed by atoms with Crippen molar-refractivity contribution in [3.8, 4) is 0 Å². The summed E-state index contributed by atoms with van der Waals surface area (Å²) in [6, 6.07) is 9.01. The molecular weight excluding hydrogens is 361 g/mol. The standard InChI is InChI=1S/C16H26IN3/c1-16(2,20-10-4-3-5-11-20)15(19-18)12-13-6-8-14(17)9-7-13/h6-9,15,19H,3-5,10-12,18H2,1-2H3. The number of nitrogens with zero attached hydrogens (tertiary/aromatic N) is 1. The van der Waals surface area contributed by atoms with E-state index in [1.54, 1.807) is 0 Å². The van der Waals surface area contributed by atoms with Crippen molar-refractivity contribution in [1.82, 2.24) is 10.3 Å². The molecule has 0 radical (unpaired) electrons. The van der Waals surface area contributed by atoms with E-state index >= 15 is 0 Å². The van der Waals surface area contributed by atoms with Gasteiger partial charge in [-0.05, 0) is 86.5 Å². The van der Waals surface area contributed by atoms with Crippen molar-refractivity contribution in [1.29, 1.82) is 0 Å². The molecule has 1 fully saturated rings. The van der Waals surface area contributed by atoms with Crippen LogP contribution in [0.15, 0.2) is 24.3 Å². The molecule has 1 aromatic rings. The van der Waals surface area contributed by atoms with E-state index in [-0.39, 0.29) is 11.6 Å². The van der Waals surface area contributed by atoms with Crippen LogP contribution in [0.1, 0.15) is 38.7 Å². The van der Waals surface area contributed by atoms with Crippen molar-refractivity contribution in [2.75, 3.05) is 13.1 Å². The average Bonchev–Trinajstić information content (AvgIpc) is 2.47. The Morgan fingerprint density at radius 2 is 1.80 bits per heavy atom. The maximum Gasteiger partial charge on any atom is 0.0429 e. The topological polar surface area (TPSA) is 41.3 Å². The second-order valence-corrected chi connectivity index (χ2v) is 7.50. The van der Waals surface area contributed by atoms with E-state index in [9.17, 15) is 0 Å². The first kappa shape index (κ1) is 16.2. The zero-order valence-corrected chi connectivity index (χ0v) is 14.7.